The Kier molecular flexibility index (Phi) is 4.76. The first kappa shape index (κ1) is 17.7. The molecule has 2 aromatic carbocycles. The summed E-state index contributed by atoms with van der Waals surface area (Å²) in [6.45, 7) is 1.84. The summed E-state index contributed by atoms with van der Waals surface area (Å²) in [4.78, 5) is 28.3. The lowest BCUT2D eigenvalue weighted by molar-refractivity contribution is -0.118. The van der Waals surface area contributed by atoms with Gasteiger partial charge in [-0.25, -0.2) is 4.68 Å². The van der Waals surface area contributed by atoms with Crippen molar-refractivity contribution in [3.05, 3.63) is 66.0 Å². The topological polar surface area (TPSA) is 98.1 Å². The number of nitrogens with one attached hydrogen (secondary N) is 2. The van der Waals surface area contributed by atoms with Crippen LogP contribution in [-0.4, -0.2) is 33.2 Å². The largest absolute Gasteiger partial charge is 0.483 e. The van der Waals surface area contributed by atoms with Crippen LogP contribution in [0, 0.1) is 6.92 Å². The van der Waals surface area contributed by atoms with E-state index in [0.717, 1.165) is 11.1 Å². The van der Waals surface area contributed by atoms with Gasteiger partial charge in [0.05, 0.1) is 12.5 Å². The maximum Gasteiger partial charge on any atom is 0.262 e. The molecule has 142 valence electrons. The van der Waals surface area contributed by atoms with Crippen LogP contribution in [0.1, 0.15) is 23.6 Å². The molecule has 28 heavy (non-hydrogen) atoms. The van der Waals surface area contributed by atoms with Crippen LogP contribution in [0.25, 0.3) is 0 Å². The number of aryl methyl sites for hydroxylation is 1. The Bertz CT molecular complexity index is 1010. The van der Waals surface area contributed by atoms with E-state index in [-0.39, 0.29) is 30.9 Å². The molecule has 8 heteroatoms. The fraction of sp³-hybridized carbons (Fsp3) is 0.200. The van der Waals surface area contributed by atoms with Gasteiger partial charge in [-0.2, -0.15) is 10.1 Å². The molecule has 0 radical (unpaired) electrons. The van der Waals surface area contributed by atoms with Crippen LogP contribution in [0.15, 0.2) is 54.9 Å². The normalized spacial score (nSPS) is 15.5. The molecule has 0 aliphatic carbocycles. The summed E-state index contributed by atoms with van der Waals surface area (Å²) in [7, 11) is 0. The first-order valence-electron chi connectivity index (χ1n) is 8.88. The minimum absolute atomic E-state index is 0.141. The smallest absolute Gasteiger partial charge is 0.262 e. The molecule has 2 amide bonds. The molecule has 8 nitrogen and oxygen atoms in total. The lowest BCUT2D eigenvalue weighted by Crippen LogP contribution is -2.29. The van der Waals surface area contributed by atoms with Gasteiger partial charge in [-0.15, -0.1) is 0 Å². The zero-order valence-electron chi connectivity index (χ0n) is 15.3. The van der Waals surface area contributed by atoms with Crippen LogP contribution >= 0.6 is 0 Å². The number of nitrogens with zero attached hydrogens (tertiary/aromatic N) is 3. The Labute approximate surface area is 161 Å². The summed E-state index contributed by atoms with van der Waals surface area (Å²) in [6, 6.07) is 14.5. The SMILES string of the molecule is Cc1ccc(NC(=O)COc2ccccc2[C@H]2CC(=O)Nc3ncnn32)cc1. The zero-order chi connectivity index (χ0) is 19.5. The van der Waals surface area contributed by atoms with E-state index < -0.39 is 0 Å². The van der Waals surface area contributed by atoms with Crippen LogP contribution in [-0.2, 0) is 9.59 Å². The maximum absolute atomic E-state index is 12.2. The monoisotopic (exact) mass is 377 g/mol. The van der Waals surface area contributed by atoms with Crippen LogP contribution in [0.3, 0.4) is 0 Å². The second-order valence-corrected chi connectivity index (χ2v) is 6.54. The van der Waals surface area contributed by atoms with Gasteiger partial charge in [0.25, 0.3) is 5.91 Å². The van der Waals surface area contributed by atoms with Gasteiger partial charge >= 0.3 is 0 Å². The number of hydrogen-bond donors (Lipinski definition) is 2. The van der Waals surface area contributed by atoms with Crippen molar-refractivity contribution in [3.63, 3.8) is 0 Å². The average molecular weight is 377 g/mol. The quantitative estimate of drug-likeness (QED) is 0.712. The van der Waals surface area contributed by atoms with Gasteiger partial charge in [0.1, 0.15) is 12.1 Å². The van der Waals surface area contributed by atoms with Gasteiger partial charge in [0.2, 0.25) is 11.9 Å². The van der Waals surface area contributed by atoms with E-state index in [0.29, 0.717) is 17.4 Å². The molecule has 1 aliphatic heterocycles. The van der Waals surface area contributed by atoms with E-state index in [4.69, 9.17) is 4.74 Å². The Morgan fingerprint density at radius 1 is 1.25 bits per heavy atom. The van der Waals surface area contributed by atoms with Crippen LogP contribution < -0.4 is 15.4 Å². The van der Waals surface area contributed by atoms with Gasteiger partial charge in [-0.1, -0.05) is 35.9 Å². The Morgan fingerprint density at radius 3 is 2.86 bits per heavy atom. The molecule has 0 saturated carbocycles. The van der Waals surface area contributed by atoms with Crippen LogP contribution in [0.5, 0.6) is 5.75 Å². The second-order valence-electron chi connectivity index (χ2n) is 6.54. The molecule has 3 aromatic rings. The number of para-hydroxylation sites is 1. The zero-order valence-corrected chi connectivity index (χ0v) is 15.3. The highest BCUT2D eigenvalue weighted by molar-refractivity contribution is 5.92. The predicted molar refractivity (Wildman–Crippen MR) is 103 cm³/mol. The van der Waals surface area contributed by atoms with Crippen LogP contribution in [0.2, 0.25) is 0 Å². The molecule has 4 rings (SSSR count). The Hall–Kier alpha value is -3.68. The highest BCUT2D eigenvalue weighted by Crippen LogP contribution is 2.34. The summed E-state index contributed by atoms with van der Waals surface area (Å²) in [5.41, 5.74) is 2.60. The summed E-state index contributed by atoms with van der Waals surface area (Å²) < 4.78 is 7.42. The number of aromatic nitrogens is 3. The third-order valence-electron chi connectivity index (χ3n) is 4.47. The Morgan fingerprint density at radius 2 is 2.04 bits per heavy atom. The number of ether oxygens (including phenoxy) is 1. The predicted octanol–water partition coefficient (Wildman–Crippen LogP) is 2.54. The van der Waals surface area contributed by atoms with E-state index in [2.05, 4.69) is 20.7 Å². The molecule has 0 unspecified atom stereocenters. The van der Waals surface area contributed by atoms with Crippen LogP contribution in [0.4, 0.5) is 11.6 Å². The van der Waals surface area contributed by atoms with E-state index in [9.17, 15) is 9.59 Å². The van der Waals surface area contributed by atoms with Crippen molar-refractivity contribution >= 4 is 23.5 Å². The van der Waals surface area contributed by atoms with E-state index in [1.165, 1.54) is 6.33 Å². The highest BCUT2D eigenvalue weighted by Gasteiger charge is 2.29. The van der Waals surface area contributed by atoms with Crippen molar-refractivity contribution in [2.24, 2.45) is 0 Å². The fourth-order valence-corrected chi connectivity index (χ4v) is 3.11. The van der Waals surface area contributed by atoms with Crippen molar-refractivity contribution in [1.29, 1.82) is 0 Å². The van der Waals surface area contributed by atoms with E-state index in [1.54, 1.807) is 10.7 Å². The number of hydrogen-bond acceptors (Lipinski definition) is 5. The number of amides is 2. The molecule has 1 atom stereocenters. The van der Waals surface area contributed by atoms with Gasteiger partial charge in [-0.05, 0) is 25.1 Å². The number of benzene rings is 2. The molecular formula is C20H19N5O3. The van der Waals surface area contributed by atoms with Gasteiger partial charge in [0.15, 0.2) is 6.61 Å². The Balaban J connectivity index is 1.49. The van der Waals surface area contributed by atoms with Crippen molar-refractivity contribution in [3.8, 4) is 5.75 Å². The summed E-state index contributed by atoms with van der Waals surface area (Å²) in [5, 5.41) is 9.69. The van der Waals surface area contributed by atoms with Gasteiger partial charge in [-0.3, -0.25) is 14.9 Å². The fourth-order valence-electron chi connectivity index (χ4n) is 3.11. The minimum Gasteiger partial charge on any atom is -0.483 e. The summed E-state index contributed by atoms with van der Waals surface area (Å²) in [5.74, 6) is 0.523. The number of carbonyl (C=O) groups is 2. The molecule has 0 saturated heterocycles. The van der Waals surface area contributed by atoms with Crippen molar-refractivity contribution in [2.75, 3.05) is 17.2 Å². The van der Waals surface area contributed by atoms with Crippen molar-refractivity contribution in [1.82, 2.24) is 14.8 Å². The molecule has 0 spiro atoms. The average Bonchev–Trinajstić information content (AvgIpc) is 3.16. The van der Waals surface area contributed by atoms with Gasteiger partial charge < -0.3 is 10.1 Å². The molecule has 2 heterocycles. The number of fused-ring (bicyclic) bond motifs is 1. The number of anilines is 2. The van der Waals surface area contributed by atoms with E-state index >= 15 is 0 Å². The number of rotatable bonds is 5. The molecular weight excluding hydrogens is 358 g/mol. The third kappa shape index (κ3) is 3.71. The molecule has 0 bridgehead atoms. The molecule has 2 N–H and O–H groups in total. The lowest BCUT2D eigenvalue weighted by atomic mass is 10.0. The number of carbonyl (C=O) groups excluding carboxylic acids is 2. The first-order chi connectivity index (χ1) is 13.6. The highest BCUT2D eigenvalue weighted by atomic mass is 16.5. The van der Waals surface area contributed by atoms with E-state index in [1.807, 2.05) is 49.4 Å². The summed E-state index contributed by atoms with van der Waals surface area (Å²) in [6.07, 6.45) is 1.61. The standard InChI is InChI=1S/C20H19N5O3/c1-13-6-8-14(9-7-13)23-19(27)11-28-17-5-3-2-4-15(17)16-10-18(26)24-20-21-12-22-25(16)20/h2-9,12,16H,10-11H2,1H3,(H,23,27)(H,21,22,24,26)/t16-/m1/s1. The molecule has 1 aliphatic rings. The third-order valence-corrected chi connectivity index (χ3v) is 4.47. The molecule has 0 fully saturated rings. The summed E-state index contributed by atoms with van der Waals surface area (Å²) >= 11 is 0. The van der Waals surface area contributed by atoms with Crippen molar-refractivity contribution < 1.29 is 14.3 Å². The first-order valence-corrected chi connectivity index (χ1v) is 8.88. The lowest BCUT2D eigenvalue weighted by Gasteiger charge is -2.25. The maximum atomic E-state index is 12.2. The van der Waals surface area contributed by atoms with Gasteiger partial charge in [0, 0.05) is 11.3 Å². The molecule has 1 aromatic heterocycles. The second kappa shape index (κ2) is 7.51. The van der Waals surface area contributed by atoms with Crippen molar-refractivity contribution in [2.45, 2.75) is 19.4 Å². The minimum atomic E-state index is -0.345.